The van der Waals surface area contributed by atoms with Crippen LogP contribution in [0.1, 0.15) is 26.7 Å². The number of nitrogens with zero attached hydrogens (tertiary/aromatic N) is 1. The number of carboxylic acids is 1. The van der Waals surface area contributed by atoms with Crippen molar-refractivity contribution in [2.75, 3.05) is 31.2 Å². The van der Waals surface area contributed by atoms with Gasteiger partial charge in [-0.15, -0.1) is 0 Å². The molecule has 7 N–H and O–H groups in total. The Morgan fingerprint density at radius 1 is 1.40 bits per heavy atom. The van der Waals surface area contributed by atoms with Gasteiger partial charge in [-0.1, -0.05) is 6.10 Å². The highest BCUT2D eigenvalue weighted by molar-refractivity contribution is 7.99. The molecule has 172 valence electrons. The molecule has 0 aromatic carbocycles. The Labute approximate surface area is 180 Å². The molecule has 7 unspecified atom stereocenters. The first-order chi connectivity index (χ1) is 14.2. The molecule has 30 heavy (non-hydrogen) atoms. The zero-order valence-electron chi connectivity index (χ0n) is 17.6. The Morgan fingerprint density at radius 2 is 2.10 bits per heavy atom. The van der Waals surface area contributed by atoms with Crippen LogP contribution < -0.4 is 26.6 Å². The summed E-state index contributed by atoms with van der Waals surface area (Å²) in [7, 11) is 0. The number of hydrogen-bond acceptors (Lipinski definition) is 7. The average molecular weight is 447 g/mol. The van der Waals surface area contributed by atoms with Crippen molar-refractivity contribution in [1.29, 1.82) is 0 Å². The number of nitrogens with two attached hydrogens (primary N) is 1. The highest BCUT2D eigenvalue weighted by Crippen LogP contribution is 2.22. The van der Waals surface area contributed by atoms with Crippen LogP contribution >= 0.6 is 11.8 Å². The summed E-state index contributed by atoms with van der Waals surface area (Å²) in [4.78, 5) is 37.3. The molecule has 7 atom stereocenters. The molecule has 0 saturated carbocycles. The van der Waals surface area contributed by atoms with E-state index in [2.05, 4.69) is 11.1 Å². The van der Waals surface area contributed by atoms with Crippen LogP contribution in [0.3, 0.4) is 0 Å². The van der Waals surface area contributed by atoms with Crippen molar-refractivity contribution in [3.05, 3.63) is 0 Å². The van der Waals surface area contributed by atoms with Crippen LogP contribution in [0, 0.1) is 11.8 Å². The summed E-state index contributed by atoms with van der Waals surface area (Å²) < 4.78 is 0. The summed E-state index contributed by atoms with van der Waals surface area (Å²) >= 11 is 1.51. The third kappa shape index (κ3) is 6.07. The summed E-state index contributed by atoms with van der Waals surface area (Å²) in [5.74, 6) is -1.23. The first kappa shape index (κ1) is 24.9. The van der Waals surface area contributed by atoms with E-state index in [1.54, 1.807) is 0 Å². The minimum atomic E-state index is -1.28. The van der Waals surface area contributed by atoms with Gasteiger partial charge in [-0.05, 0) is 32.6 Å². The summed E-state index contributed by atoms with van der Waals surface area (Å²) in [6.07, 6.45) is 0.144. The highest BCUT2D eigenvalue weighted by Gasteiger charge is 2.35. The number of aliphatic hydroxyl groups is 1. The number of hydrogen-bond donors (Lipinski definition) is 4. The second-order valence-corrected chi connectivity index (χ2v) is 9.45. The number of amides is 2. The maximum absolute atomic E-state index is 12.5. The fourth-order valence-electron chi connectivity index (χ4n) is 4.16. The SMILES string of the molecule is CC(NC(=O)C([NH3+])CSCC1C[NH2+]C(C)C([O-])C1CO)C(=O)N1CCCC1C(=O)[O-]. The largest absolute Gasteiger partial charge is 0.847 e. The third-order valence-corrected chi connectivity index (χ3v) is 7.43. The lowest BCUT2D eigenvalue weighted by atomic mass is 9.83. The monoisotopic (exact) mass is 446 g/mol. The van der Waals surface area contributed by atoms with Crippen molar-refractivity contribution in [2.45, 2.75) is 57.0 Å². The van der Waals surface area contributed by atoms with Gasteiger partial charge in [0.05, 0.1) is 30.4 Å². The number of carbonyl (C=O) groups excluding carboxylic acids is 3. The molecular weight excluding hydrogens is 412 g/mol. The lowest BCUT2D eigenvalue weighted by molar-refractivity contribution is -0.735. The first-order valence-corrected chi connectivity index (χ1v) is 11.6. The Bertz CT molecular complexity index is 624. The summed E-state index contributed by atoms with van der Waals surface area (Å²) in [6.45, 7) is 4.39. The van der Waals surface area contributed by atoms with Gasteiger partial charge in [0, 0.05) is 24.8 Å². The molecule has 0 radical (unpaired) electrons. The molecule has 2 fully saturated rings. The average Bonchev–Trinajstić information content (AvgIpc) is 3.20. The smallest absolute Gasteiger partial charge is 0.279 e. The van der Waals surface area contributed by atoms with Gasteiger partial charge in [0.1, 0.15) is 6.04 Å². The number of carboxylic acid groups (broad SMARTS) is 1. The molecule has 0 spiro atoms. The Morgan fingerprint density at radius 3 is 2.73 bits per heavy atom. The molecule has 2 saturated heterocycles. The van der Waals surface area contributed by atoms with Gasteiger partial charge >= 0.3 is 0 Å². The van der Waals surface area contributed by atoms with E-state index in [1.165, 1.54) is 23.6 Å². The van der Waals surface area contributed by atoms with E-state index in [-0.39, 0.29) is 30.4 Å². The number of thioether (sulfide) groups is 1. The molecule has 0 aromatic heterocycles. The molecule has 11 heteroatoms. The van der Waals surface area contributed by atoms with Gasteiger partial charge < -0.3 is 41.4 Å². The Hall–Kier alpha value is -1.40. The van der Waals surface area contributed by atoms with Crippen molar-refractivity contribution in [2.24, 2.45) is 11.8 Å². The lowest BCUT2D eigenvalue weighted by Gasteiger charge is -2.43. The first-order valence-electron chi connectivity index (χ1n) is 10.5. The molecule has 2 amide bonds. The van der Waals surface area contributed by atoms with E-state index in [0.717, 1.165) is 6.54 Å². The second kappa shape index (κ2) is 11.3. The minimum Gasteiger partial charge on any atom is -0.847 e. The van der Waals surface area contributed by atoms with Crippen LogP contribution in [0.2, 0.25) is 0 Å². The van der Waals surface area contributed by atoms with E-state index < -0.39 is 36.1 Å². The van der Waals surface area contributed by atoms with Gasteiger partial charge in [-0.2, -0.15) is 11.8 Å². The normalized spacial score (nSPS) is 31.2. The summed E-state index contributed by atoms with van der Waals surface area (Å²) in [5.41, 5.74) is 3.86. The van der Waals surface area contributed by atoms with Gasteiger partial charge in [0.2, 0.25) is 5.91 Å². The van der Waals surface area contributed by atoms with E-state index >= 15 is 0 Å². The van der Waals surface area contributed by atoms with Crippen LogP contribution in [0.5, 0.6) is 0 Å². The van der Waals surface area contributed by atoms with Gasteiger partial charge in [0.15, 0.2) is 6.04 Å². The third-order valence-electron chi connectivity index (χ3n) is 6.13. The van der Waals surface area contributed by atoms with Crippen molar-refractivity contribution in [3.8, 4) is 0 Å². The molecular formula is C19H34N4O6S. The molecule has 2 aliphatic heterocycles. The molecule has 0 aliphatic carbocycles. The molecule has 0 bridgehead atoms. The van der Waals surface area contributed by atoms with Crippen LogP contribution in [0.15, 0.2) is 0 Å². The van der Waals surface area contributed by atoms with Gasteiger partial charge in [-0.3, -0.25) is 9.59 Å². The van der Waals surface area contributed by atoms with Crippen LogP contribution in [-0.2, 0) is 14.4 Å². The number of aliphatic hydroxyl groups excluding tert-OH is 1. The van der Waals surface area contributed by atoms with Crippen LogP contribution in [0.25, 0.3) is 0 Å². The predicted molar refractivity (Wildman–Crippen MR) is 105 cm³/mol. The maximum atomic E-state index is 12.5. The molecule has 0 aromatic rings. The highest BCUT2D eigenvalue weighted by atomic mass is 32.2. The number of quaternary nitrogens is 2. The summed E-state index contributed by atoms with van der Waals surface area (Å²) in [6, 6.07) is -2.44. The van der Waals surface area contributed by atoms with Gasteiger partial charge in [0.25, 0.3) is 5.91 Å². The topological polar surface area (TPSA) is 177 Å². The standard InChI is InChI=1S/C19H33N4O6S/c1-10-16(25)13(7-24)12(6-21-10)8-30-9-14(20)17(26)22-11(2)18(27)23-5-3-4-15(23)19(28)29/h10-16,21,24H,3-9,20H2,1-2H3,(H,22,26)(H,28,29)/q-1/p+1. The van der Waals surface area contributed by atoms with E-state index in [1.807, 2.05) is 12.2 Å². The minimum absolute atomic E-state index is 0.0547. The quantitative estimate of drug-likeness (QED) is 0.273. The zero-order chi connectivity index (χ0) is 22.4. The van der Waals surface area contributed by atoms with Crippen LogP contribution in [-0.4, -0.2) is 89.3 Å². The number of aliphatic carboxylic acids is 1. The van der Waals surface area contributed by atoms with E-state index in [4.69, 9.17) is 0 Å². The number of carbonyl (C=O) groups is 3. The molecule has 2 aliphatic rings. The molecule has 10 nitrogen and oxygen atoms in total. The van der Waals surface area contributed by atoms with Crippen molar-refractivity contribution in [1.82, 2.24) is 10.2 Å². The van der Waals surface area contributed by atoms with Crippen molar-refractivity contribution >= 4 is 29.5 Å². The second-order valence-electron chi connectivity index (χ2n) is 8.37. The van der Waals surface area contributed by atoms with Crippen LogP contribution in [0.4, 0.5) is 0 Å². The zero-order valence-corrected chi connectivity index (χ0v) is 18.4. The molecule has 2 rings (SSSR count). The van der Waals surface area contributed by atoms with Crippen molar-refractivity contribution < 1.29 is 40.8 Å². The number of rotatable bonds is 9. The van der Waals surface area contributed by atoms with Gasteiger partial charge in [-0.25, -0.2) is 0 Å². The Kier molecular flexibility index (Phi) is 9.35. The number of nitrogens with one attached hydrogen (secondary N) is 1. The Balaban J connectivity index is 1.77. The van der Waals surface area contributed by atoms with E-state index in [0.29, 0.717) is 30.9 Å². The number of likely N-dealkylation sites (tertiary alicyclic amines) is 1. The maximum Gasteiger partial charge on any atom is 0.279 e. The predicted octanol–water partition coefficient (Wildman–Crippen LogP) is -5.51. The fraction of sp³-hybridized carbons (Fsp3) is 0.842. The summed E-state index contributed by atoms with van der Waals surface area (Å²) in [5, 5.41) is 37.6. The van der Waals surface area contributed by atoms with Crippen molar-refractivity contribution in [3.63, 3.8) is 0 Å². The van der Waals surface area contributed by atoms with E-state index in [9.17, 15) is 29.7 Å². The number of piperidine rings is 1. The molecule has 2 heterocycles. The fourth-order valence-corrected chi connectivity index (χ4v) is 5.41. The lowest BCUT2D eigenvalue weighted by Crippen LogP contribution is -2.97.